The molecule has 3 nitrogen and oxygen atoms in total. The number of thioether (sulfide) groups is 1. The van der Waals surface area contributed by atoms with Gasteiger partial charge in [0.05, 0.1) is 11.7 Å². The molecule has 0 saturated carbocycles. The fourth-order valence-corrected chi connectivity index (χ4v) is 2.12. The number of nitrogens with two attached hydrogens (primary N) is 1. The van der Waals surface area contributed by atoms with Crippen LogP contribution < -0.4 is 11.1 Å². The van der Waals surface area contributed by atoms with Crippen molar-refractivity contribution in [2.45, 2.75) is 24.3 Å². The van der Waals surface area contributed by atoms with Crippen molar-refractivity contribution in [3.63, 3.8) is 0 Å². The van der Waals surface area contributed by atoms with Gasteiger partial charge in [0.2, 0.25) is 5.91 Å². The molecule has 0 fully saturated rings. The molecule has 0 aliphatic carbocycles. The first-order valence-electron chi connectivity index (χ1n) is 5.58. The summed E-state index contributed by atoms with van der Waals surface area (Å²) < 4.78 is 0. The van der Waals surface area contributed by atoms with Crippen LogP contribution >= 0.6 is 11.8 Å². The Morgan fingerprint density at radius 2 is 2.29 bits per heavy atom. The van der Waals surface area contributed by atoms with E-state index < -0.39 is 6.04 Å². The Hall–Kier alpha value is -1.26. The summed E-state index contributed by atoms with van der Waals surface area (Å²) in [5, 5.41) is 2.85. The molecule has 1 amide bonds. The van der Waals surface area contributed by atoms with E-state index in [0.29, 0.717) is 6.42 Å². The zero-order chi connectivity index (χ0) is 12.7. The molecule has 1 aromatic rings. The average Bonchev–Trinajstić information content (AvgIpc) is 2.32. The average molecular weight is 250 g/mol. The summed E-state index contributed by atoms with van der Waals surface area (Å²) in [5.41, 5.74) is 6.53. The molecular formula is C13H18N2OS. The largest absolute Gasteiger partial charge is 0.324 e. The predicted octanol–water partition coefficient (Wildman–Crippen LogP) is 2.64. The molecule has 1 rings (SSSR count). The summed E-state index contributed by atoms with van der Waals surface area (Å²) in [6.07, 6.45) is 2.13. The van der Waals surface area contributed by atoms with E-state index in [4.69, 9.17) is 5.73 Å². The van der Waals surface area contributed by atoms with Gasteiger partial charge in [0.1, 0.15) is 0 Å². The second-order valence-electron chi connectivity index (χ2n) is 3.55. The zero-order valence-electron chi connectivity index (χ0n) is 9.98. The first-order chi connectivity index (χ1) is 8.19. The van der Waals surface area contributed by atoms with Crippen LogP contribution in [0.15, 0.2) is 41.8 Å². The fourth-order valence-electron chi connectivity index (χ4n) is 1.36. The van der Waals surface area contributed by atoms with Crippen molar-refractivity contribution in [2.75, 3.05) is 11.1 Å². The molecule has 3 N–H and O–H groups in total. The first kappa shape index (κ1) is 13.8. The van der Waals surface area contributed by atoms with Crippen molar-refractivity contribution in [3.8, 4) is 0 Å². The minimum atomic E-state index is -0.535. The lowest BCUT2D eigenvalue weighted by Crippen LogP contribution is -2.35. The van der Waals surface area contributed by atoms with Gasteiger partial charge in [-0.3, -0.25) is 4.79 Å². The van der Waals surface area contributed by atoms with E-state index in [-0.39, 0.29) is 5.91 Å². The standard InChI is InChI=1S/C13H18N2OS/c1-3-7-10(14)13(16)15-11-8-5-6-9-12(11)17-4-2/h3,5-6,8-10H,1,4,7,14H2,2H3,(H,15,16). The molecule has 0 aliphatic heterocycles. The zero-order valence-corrected chi connectivity index (χ0v) is 10.8. The maximum absolute atomic E-state index is 11.8. The summed E-state index contributed by atoms with van der Waals surface area (Å²) >= 11 is 1.69. The van der Waals surface area contributed by atoms with Crippen LogP contribution in [-0.4, -0.2) is 17.7 Å². The maximum Gasteiger partial charge on any atom is 0.241 e. The van der Waals surface area contributed by atoms with E-state index in [1.165, 1.54) is 0 Å². The summed E-state index contributed by atoms with van der Waals surface area (Å²) in [4.78, 5) is 12.8. The van der Waals surface area contributed by atoms with E-state index in [1.54, 1.807) is 17.8 Å². The Balaban J connectivity index is 2.73. The van der Waals surface area contributed by atoms with Crippen LogP contribution in [0.2, 0.25) is 0 Å². The van der Waals surface area contributed by atoms with Gasteiger partial charge in [-0.2, -0.15) is 0 Å². The molecule has 17 heavy (non-hydrogen) atoms. The van der Waals surface area contributed by atoms with Gasteiger partial charge >= 0.3 is 0 Å². The summed E-state index contributed by atoms with van der Waals surface area (Å²) in [6.45, 7) is 5.65. The molecule has 0 radical (unpaired) electrons. The van der Waals surface area contributed by atoms with Crippen LogP contribution in [0, 0.1) is 0 Å². The van der Waals surface area contributed by atoms with E-state index >= 15 is 0 Å². The summed E-state index contributed by atoms with van der Waals surface area (Å²) in [6, 6.07) is 7.19. The van der Waals surface area contributed by atoms with Crippen molar-refractivity contribution in [1.82, 2.24) is 0 Å². The highest BCUT2D eigenvalue weighted by Gasteiger charge is 2.13. The predicted molar refractivity (Wildman–Crippen MR) is 74.3 cm³/mol. The number of hydrogen-bond donors (Lipinski definition) is 2. The quantitative estimate of drug-likeness (QED) is 0.603. The minimum absolute atomic E-state index is 0.172. The van der Waals surface area contributed by atoms with Crippen molar-refractivity contribution in [2.24, 2.45) is 5.73 Å². The lowest BCUT2D eigenvalue weighted by molar-refractivity contribution is -0.117. The molecule has 0 aliphatic rings. The molecular weight excluding hydrogens is 232 g/mol. The summed E-state index contributed by atoms with van der Waals surface area (Å²) in [7, 11) is 0. The number of carbonyl (C=O) groups excluding carboxylic acids is 1. The number of nitrogens with one attached hydrogen (secondary N) is 1. The minimum Gasteiger partial charge on any atom is -0.324 e. The molecule has 0 heterocycles. The molecule has 0 spiro atoms. The second-order valence-corrected chi connectivity index (χ2v) is 4.86. The third-order valence-corrected chi connectivity index (χ3v) is 3.16. The Morgan fingerprint density at radius 1 is 1.59 bits per heavy atom. The molecule has 1 atom stereocenters. The van der Waals surface area contributed by atoms with Gasteiger partial charge in [-0.1, -0.05) is 25.1 Å². The molecule has 1 unspecified atom stereocenters. The molecule has 92 valence electrons. The number of carbonyl (C=O) groups is 1. The normalized spacial score (nSPS) is 11.9. The number of amides is 1. The van der Waals surface area contributed by atoms with Gasteiger partial charge in [0.25, 0.3) is 0 Å². The fraction of sp³-hybridized carbons (Fsp3) is 0.308. The van der Waals surface area contributed by atoms with Crippen molar-refractivity contribution in [3.05, 3.63) is 36.9 Å². The van der Waals surface area contributed by atoms with Crippen molar-refractivity contribution >= 4 is 23.4 Å². The van der Waals surface area contributed by atoms with Crippen LogP contribution in [0.5, 0.6) is 0 Å². The van der Waals surface area contributed by atoms with Crippen molar-refractivity contribution in [1.29, 1.82) is 0 Å². The summed E-state index contributed by atoms with van der Waals surface area (Å²) in [5.74, 6) is 0.792. The number of benzene rings is 1. The first-order valence-corrected chi connectivity index (χ1v) is 6.56. The maximum atomic E-state index is 11.8. The Kier molecular flexibility index (Phi) is 5.80. The highest BCUT2D eigenvalue weighted by molar-refractivity contribution is 7.99. The van der Waals surface area contributed by atoms with Gasteiger partial charge in [0, 0.05) is 4.90 Å². The van der Waals surface area contributed by atoms with Gasteiger partial charge in [-0.05, 0) is 24.3 Å². The van der Waals surface area contributed by atoms with Crippen LogP contribution in [0.1, 0.15) is 13.3 Å². The highest BCUT2D eigenvalue weighted by atomic mass is 32.2. The van der Waals surface area contributed by atoms with Crippen LogP contribution in [0.25, 0.3) is 0 Å². The smallest absolute Gasteiger partial charge is 0.241 e. The topological polar surface area (TPSA) is 55.1 Å². The van der Waals surface area contributed by atoms with E-state index in [1.807, 2.05) is 24.3 Å². The third kappa shape index (κ3) is 4.24. The Labute approximate surface area is 106 Å². The van der Waals surface area contributed by atoms with Crippen LogP contribution in [0.4, 0.5) is 5.69 Å². The number of rotatable bonds is 6. The Morgan fingerprint density at radius 3 is 2.94 bits per heavy atom. The van der Waals surface area contributed by atoms with Gasteiger partial charge in [0.15, 0.2) is 0 Å². The second kappa shape index (κ2) is 7.14. The highest BCUT2D eigenvalue weighted by Crippen LogP contribution is 2.26. The van der Waals surface area contributed by atoms with Crippen LogP contribution in [-0.2, 0) is 4.79 Å². The SMILES string of the molecule is C=CCC(N)C(=O)Nc1ccccc1SCC. The third-order valence-electron chi connectivity index (χ3n) is 2.20. The number of hydrogen-bond acceptors (Lipinski definition) is 3. The molecule has 4 heteroatoms. The monoisotopic (exact) mass is 250 g/mol. The Bertz CT molecular complexity index is 393. The molecule has 0 bridgehead atoms. The molecule has 0 saturated heterocycles. The van der Waals surface area contributed by atoms with Crippen molar-refractivity contribution < 1.29 is 4.79 Å². The lowest BCUT2D eigenvalue weighted by Gasteiger charge is -2.13. The van der Waals surface area contributed by atoms with E-state index in [0.717, 1.165) is 16.3 Å². The molecule has 1 aromatic carbocycles. The molecule has 0 aromatic heterocycles. The van der Waals surface area contributed by atoms with Gasteiger partial charge in [-0.15, -0.1) is 18.3 Å². The van der Waals surface area contributed by atoms with Gasteiger partial charge < -0.3 is 11.1 Å². The number of para-hydroxylation sites is 1. The number of anilines is 1. The van der Waals surface area contributed by atoms with E-state index in [9.17, 15) is 4.79 Å². The van der Waals surface area contributed by atoms with Crippen LogP contribution in [0.3, 0.4) is 0 Å². The van der Waals surface area contributed by atoms with E-state index in [2.05, 4.69) is 18.8 Å². The van der Waals surface area contributed by atoms with Gasteiger partial charge in [-0.25, -0.2) is 0 Å². The lowest BCUT2D eigenvalue weighted by atomic mass is 10.2.